The highest BCUT2D eigenvalue weighted by molar-refractivity contribution is 6.30. The van der Waals surface area contributed by atoms with E-state index in [0.717, 1.165) is 69.1 Å². The zero-order valence-corrected chi connectivity index (χ0v) is 20.2. The normalized spacial score (nSPS) is 16.5. The second kappa shape index (κ2) is 9.22. The lowest BCUT2D eigenvalue weighted by molar-refractivity contribution is 0.0740. The Balaban J connectivity index is 1.40. The number of amides is 1. The molecule has 1 saturated heterocycles. The standard InChI is InChI=1S/C27H31ClN4O/c1-19-7-8-20(2)24(18-19)30-14-16-31(17-15-30)27(33)25-23-6-4-3-5-13-32(23)26(29-25)21-9-11-22(28)12-10-21/h7-12,18H,3-6,13-17H2,1-2H3. The second-order valence-corrected chi connectivity index (χ2v) is 9.71. The number of aryl methyl sites for hydroxylation is 2. The highest BCUT2D eigenvalue weighted by Gasteiger charge is 2.29. The Labute approximate surface area is 201 Å². The number of carbonyl (C=O) groups is 1. The van der Waals surface area contributed by atoms with E-state index in [0.29, 0.717) is 10.7 Å². The van der Waals surface area contributed by atoms with Crippen LogP contribution in [0.5, 0.6) is 0 Å². The number of piperazine rings is 1. The maximum absolute atomic E-state index is 13.7. The molecule has 0 bridgehead atoms. The van der Waals surface area contributed by atoms with Crippen LogP contribution in [0.2, 0.25) is 5.02 Å². The molecule has 0 N–H and O–H groups in total. The summed E-state index contributed by atoms with van der Waals surface area (Å²) in [5.41, 5.74) is 6.59. The Morgan fingerprint density at radius 2 is 1.67 bits per heavy atom. The molecule has 0 aliphatic carbocycles. The van der Waals surface area contributed by atoms with Gasteiger partial charge in [0.15, 0.2) is 0 Å². The molecule has 1 aromatic heterocycles. The van der Waals surface area contributed by atoms with Crippen LogP contribution in [-0.4, -0.2) is 46.5 Å². The van der Waals surface area contributed by atoms with Crippen molar-refractivity contribution in [3.63, 3.8) is 0 Å². The van der Waals surface area contributed by atoms with Crippen LogP contribution < -0.4 is 4.90 Å². The van der Waals surface area contributed by atoms with Crippen LogP contribution >= 0.6 is 11.6 Å². The summed E-state index contributed by atoms with van der Waals surface area (Å²) in [6, 6.07) is 14.4. The van der Waals surface area contributed by atoms with Gasteiger partial charge in [-0.05, 0) is 74.6 Å². The van der Waals surface area contributed by atoms with Crippen LogP contribution in [0.1, 0.15) is 46.6 Å². The Bertz CT molecular complexity index is 1160. The number of nitrogens with zero attached hydrogens (tertiary/aromatic N) is 4. The maximum atomic E-state index is 13.7. The molecule has 5 nitrogen and oxygen atoms in total. The molecule has 2 aliphatic heterocycles. The molecule has 1 fully saturated rings. The minimum Gasteiger partial charge on any atom is -0.368 e. The first-order chi connectivity index (χ1) is 16.0. The molecule has 5 rings (SSSR count). The largest absolute Gasteiger partial charge is 0.368 e. The number of hydrogen-bond acceptors (Lipinski definition) is 3. The van der Waals surface area contributed by atoms with Crippen molar-refractivity contribution in [2.75, 3.05) is 31.1 Å². The number of imidazole rings is 1. The number of fused-ring (bicyclic) bond motifs is 1. The van der Waals surface area contributed by atoms with Gasteiger partial charge in [-0.2, -0.15) is 0 Å². The van der Waals surface area contributed by atoms with Crippen LogP contribution in [0.25, 0.3) is 11.4 Å². The zero-order valence-electron chi connectivity index (χ0n) is 19.5. The summed E-state index contributed by atoms with van der Waals surface area (Å²) in [6.07, 6.45) is 4.31. The Hall–Kier alpha value is -2.79. The Morgan fingerprint density at radius 3 is 2.42 bits per heavy atom. The highest BCUT2D eigenvalue weighted by atomic mass is 35.5. The van der Waals surface area contributed by atoms with E-state index in [1.807, 2.05) is 29.2 Å². The average Bonchev–Trinajstić information content (AvgIpc) is 3.01. The second-order valence-electron chi connectivity index (χ2n) is 9.27. The van der Waals surface area contributed by atoms with Gasteiger partial charge in [0, 0.05) is 49.0 Å². The van der Waals surface area contributed by atoms with Gasteiger partial charge in [-0.15, -0.1) is 0 Å². The van der Waals surface area contributed by atoms with Crippen molar-refractivity contribution in [2.24, 2.45) is 0 Å². The summed E-state index contributed by atoms with van der Waals surface area (Å²) >= 11 is 6.11. The highest BCUT2D eigenvalue weighted by Crippen LogP contribution is 2.29. The van der Waals surface area contributed by atoms with Gasteiger partial charge in [-0.25, -0.2) is 4.98 Å². The molecule has 172 valence electrons. The lowest BCUT2D eigenvalue weighted by Gasteiger charge is -2.36. The SMILES string of the molecule is Cc1ccc(C)c(N2CCN(C(=O)c3nc(-c4ccc(Cl)cc4)n4c3CCCCC4)CC2)c1. The van der Waals surface area contributed by atoms with Crippen molar-refractivity contribution in [3.8, 4) is 11.4 Å². The summed E-state index contributed by atoms with van der Waals surface area (Å²) in [5.74, 6) is 0.961. The topological polar surface area (TPSA) is 41.4 Å². The molecular weight excluding hydrogens is 432 g/mol. The predicted molar refractivity (Wildman–Crippen MR) is 134 cm³/mol. The molecule has 0 unspecified atom stereocenters. The maximum Gasteiger partial charge on any atom is 0.274 e. The molecular formula is C27H31ClN4O. The van der Waals surface area contributed by atoms with Gasteiger partial charge in [0.1, 0.15) is 11.5 Å². The summed E-state index contributed by atoms with van der Waals surface area (Å²) in [4.78, 5) is 23.0. The zero-order chi connectivity index (χ0) is 22.9. The summed E-state index contributed by atoms with van der Waals surface area (Å²) in [6.45, 7) is 8.32. The number of hydrogen-bond donors (Lipinski definition) is 0. The minimum absolute atomic E-state index is 0.0708. The first-order valence-electron chi connectivity index (χ1n) is 12.0. The van der Waals surface area contributed by atoms with Crippen LogP contribution in [0.15, 0.2) is 42.5 Å². The van der Waals surface area contributed by atoms with Crippen LogP contribution in [0, 0.1) is 13.8 Å². The number of anilines is 1. The summed E-state index contributed by atoms with van der Waals surface area (Å²) in [5, 5.41) is 0.708. The van der Waals surface area contributed by atoms with Gasteiger partial charge >= 0.3 is 0 Å². The summed E-state index contributed by atoms with van der Waals surface area (Å²) in [7, 11) is 0. The van der Waals surface area contributed by atoms with Gasteiger partial charge in [0.25, 0.3) is 5.91 Å². The van der Waals surface area contributed by atoms with Crippen molar-refractivity contribution in [1.82, 2.24) is 14.5 Å². The molecule has 0 spiro atoms. The minimum atomic E-state index is 0.0708. The lowest BCUT2D eigenvalue weighted by Crippen LogP contribution is -2.49. The first kappa shape index (κ1) is 22.0. The molecule has 0 atom stereocenters. The fourth-order valence-electron chi connectivity index (χ4n) is 5.07. The summed E-state index contributed by atoms with van der Waals surface area (Å²) < 4.78 is 2.27. The molecule has 0 saturated carbocycles. The first-order valence-corrected chi connectivity index (χ1v) is 12.4. The molecule has 1 amide bonds. The predicted octanol–water partition coefficient (Wildman–Crippen LogP) is 5.51. The monoisotopic (exact) mass is 462 g/mol. The van der Waals surface area contributed by atoms with Crippen molar-refractivity contribution < 1.29 is 4.79 Å². The molecule has 0 radical (unpaired) electrons. The van der Waals surface area contributed by atoms with Crippen molar-refractivity contribution in [3.05, 3.63) is 70.0 Å². The quantitative estimate of drug-likeness (QED) is 0.515. The molecule has 6 heteroatoms. The van der Waals surface area contributed by atoms with Gasteiger partial charge in [-0.1, -0.05) is 30.2 Å². The average molecular weight is 463 g/mol. The number of benzene rings is 2. The molecule has 3 heterocycles. The van der Waals surface area contributed by atoms with E-state index in [9.17, 15) is 4.79 Å². The van der Waals surface area contributed by atoms with Gasteiger partial charge in [-0.3, -0.25) is 4.79 Å². The third kappa shape index (κ3) is 4.39. The van der Waals surface area contributed by atoms with Gasteiger partial charge < -0.3 is 14.4 Å². The van der Waals surface area contributed by atoms with Crippen molar-refractivity contribution in [1.29, 1.82) is 0 Å². The molecule has 33 heavy (non-hydrogen) atoms. The van der Waals surface area contributed by atoms with E-state index in [2.05, 4.69) is 41.5 Å². The smallest absolute Gasteiger partial charge is 0.274 e. The van der Waals surface area contributed by atoms with Gasteiger partial charge in [0.2, 0.25) is 0 Å². The number of rotatable bonds is 3. The van der Waals surface area contributed by atoms with Crippen LogP contribution in [-0.2, 0) is 13.0 Å². The molecule has 2 aliphatic rings. The third-order valence-electron chi connectivity index (χ3n) is 6.95. The third-order valence-corrected chi connectivity index (χ3v) is 7.20. The van der Waals surface area contributed by atoms with E-state index < -0.39 is 0 Å². The van der Waals surface area contributed by atoms with E-state index in [1.165, 1.54) is 23.2 Å². The van der Waals surface area contributed by atoms with E-state index >= 15 is 0 Å². The van der Waals surface area contributed by atoms with E-state index in [1.54, 1.807) is 0 Å². The van der Waals surface area contributed by atoms with Crippen molar-refractivity contribution >= 4 is 23.2 Å². The number of aromatic nitrogens is 2. The Morgan fingerprint density at radius 1 is 0.909 bits per heavy atom. The number of carbonyl (C=O) groups excluding carboxylic acids is 1. The van der Waals surface area contributed by atoms with Crippen molar-refractivity contribution in [2.45, 2.75) is 46.1 Å². The fourth-order valence-corrected chi connectivity index (χ4v) is 5.20. The van der Waals surface area contributed by atoms with Crippen LogP contribution in [0.3, 0.4) is 0 Å². The lowest BCUT2D eigenvalue weighted by atomic mass is 10.1. The van der Waals surface area contributed by atoms with Crippen LogP contribution in [0.4, 0.5) is 5.69 Å². The number of halogens is 1. The van der Waals surface area contributed by atoms with E-state index in [-0.39, 0.29) is 5.91 Å². The van der Waals surface area contributed by atoms with E-state index in [4.69, 9.17) is 16.6 Å². The fraction of sp³-hybridized carbons (Fsp3) is 0.407. The van der Waals surface area contributed by atoms with Gasteiger partial charge in [0.05, 0.1) is 5.69 Å². The Kier molecular flexibility index (Phi) is 6.15. The molecule has 2 aromatic carbocycles. The molecule has 3 aromatic rings.